The number of carbonyl (C=O) groups is 1. The van der Waals surface area contributed by atoms with Gasteiger partial charge in [-0.25, -0.2) is 24.1 Å². The standard InChI is InChI=1S/C20H22ClF4N5O2S/c1-19(2,3)32-18(31)30-9-5-6-10(30)8-29(7-9)16-11-13(26-17(28-16)33-4)12(22)15(21)27-14(11)20(23,24)25/h9-10H,5-8H2,1-4H3. The molecule has 2 bridgehead atoms. The number of thioether (sulfide) groups is 1. The average molecular weight is 508 g/mol. The SMILES string of the molecule is CSc1nc(N2CC3CCC(C2)N3C(=O)OC(C)(C)C)c2c(C(F)(F)F)nc(Cl)c(F)c2n1. The zero-order valence-corrected chi connectivity index (χ0v) is 19.9. The van der Waals surface area contributed by atoms with Gasteiger partial charge in [0.15, 0.2) is 21.8 Å². The highest BCUT2D eigenvalue weighted by Crippen LogP contribution is 2.42. The molecule has 0 N–H and O–H groups in total. The first-order valence-electron chi connectivity index (χ1n) is 10.2. The van der Waals surface area contributed by atoms with Crippen molar-refractivity contribution in [2.24, 2.45) is 0 Å². The zero-order valence-electron chi connectivity index (χ0n) is 18.3. The van der Waals surface area contributed by atoms with Crippen LogP contribution < -0.4 is 4.90 Å². The van der Waals surface area contributed by atoms with Crippen LogP contribution in [0.2, 0.25) is 5.15 Å². The van der Waals surface area contributed by atoms with Gasteiger partial charge < -0.3 is 9.64 Å². The van der Waals surface area contributed by atoms with E-state index in [9.17, 15) is 22.4 Å². The van der Waals surface area contributed by atoms with Crippen LogP contribution in [0.4, 0.5) is 28.2 Å². The molecule has 13 heteroatoms. The van der Waals surface area contributed by atoms with Crippen molar-refractivity contribution in [1.29, 1.82) is 0 Å². The Hall–Kier alpha value is -2.08. The molecule has 2 aliphatic heterocycles. The minimum Gasteiger partial charge on any atom is -0.444 e. The van der Waals surface area contributed by atoms with E-state index in [1.807, 2.05) is 0 Å². The summed E-state index contributed by atoms with van der Waals surface area (Å²) in [5.41, 5.74) is -2.54. The van der Waals surface area contributed by atoms with Crippen LogP contribution >= 0.6 is 23.4 Å². The van der Waals surface area contributed by atoms with Gasteiger partial charge in [0.25, 0.3) is 0 Å². The number of ether oxygens (including phenoxy) is 1. The fourth-order valence-electron chi connectivity index (χ4n) is 4.32. The van der Waals surface area contributed by atoms with E-state index in [0.717, 1.165) is 11.8 Å². The lowest BCUT2D eigenvalue weighted by Crippen LogP contribution is -2.57. The number of pyridine rings is 1. The number of carbonyl (C=O) groups excluding carboxylic acids is 1. The zero-order chi connectivity index (χ0) is 24.3. The van der Waals surface area contributed by atoms with E-state index in [0.29, 0.717) is 12.8 Å². The van der Waals surface area contributed by atoms with E-state index in [-0.39, 0.29) is 36.1 Å². The Bertz CT molecular complexity index is 1100. The number of halogens is 5. The summed E-state index contributed by atoms with van der Waals surface area (Å²) in [4.78, 5) is 27.6. The van der Waals surface area contributed by atoms with Gasteiger partial charge in [0, 0.05) is 13.1 Å². The van der Waals surface area contributed by atoms with Crippen LogP contribution in [0.5, 0.6) is 0 Å². The molecule has 2 aromatic heterocycles. The Morgan fingerprint density at radius 3 is 2.24 bits per heavy atom. The molecule has 2 saturated heterocycles. The highest BCUT2D eigenvalue weighted by Gasteiger charge is 2.46. The smallest absolute Gasteiger partial charge is 0.434 e. The van der Waals surface area contributed by atoms with Crippen molar-refractivity contribution in [3.63, 3.8) is 0 Å². The van der Waals surface area contributed by atoms with Crippen molar-refractivity contribution in [1.82, 2.24) is 19.9 Å². The summed E-state index contributed by atoms with van der Waals surface area (Å²) in [6.45, 7) is 5.75. The largest absolute Gasteiger partial charge is 0.444 e. The number of hydrogen-bond acceptors (Lipinski definition) is 7. The molecule has 4 rings (SSSR count). The Labute approximate surface area is 196 Å². The van der Waals surface area contributed by atoms with Crippen LogP contribution in [0.25, 0.3) is 10.9 Å². The van der Waals surface area contributed by atoms with Gasteiger partial charge in [-0.1, -0.05) is 23.4 Å². The topological polar surface area (TPSA) is 71.5 Å². The predicted molar refractivity (Wildman–Crippen MR) is 116 cm³/mol. The summed E-state index contributed by atoms with van der Waals surface area (Å²) in [5.74, 6) is -1.20. The number of alkyl halides is 3. The maximum atomic E-state index is 14.8. The van der Waals surface area contributed by atoms with Crippen molar-refractivity contribution in [2.45, 2.75) is 62.6 Å². The van der Waals surface area contributed by atoms with Gasteiger partial charge in [-0.2, -0.15) is 13.2 Å². The molecule has 2 fully saturated rings. The van der Waals surface area contributed by atoms with Crippen molar-refractivity contribution >= 4 is 46.2 Å². The Kier molecular flexibility index (Phi) is 6.05. The fourth-order valence-corrected chi connectivity index (χ4v) is 4.85. The lowest BCUT2D eigenvalue weighted by molar-refractivity contribution is -0.139. The van der Waals surface area contributed by atoms with E-state index in [1.165, 1.54) is 0 Å². The summed E-state index contributed by atoms with van der Waals surface area (Å²) < 4.78 is 61.9. The molecule has 2 aliphatic rings. The summed E-state index contributed by atoms with van der Waals surface area (Å²) in [5, 5.41) is -1.33. The molecular formula is C20H22ClF4N5O2S. The first-order chi connectivity index (χ1) is 15.3. The van der Waals surface area contributed by atoms with Gasteiger partial charge in [-0.3, -0.25) is 4.90 Å². The number of hydrogen-bond donors (Lipinski definition) is 0. The first-order valence-corrected chi connectivity index (χ1v) is 11.8. The van der Waals surface area contributed by atoms with Gasteiger partial charge in [0.1, 0.15) is 16.9 Å². The normalized spacial score (nSPS) is 21.1. The lowest BCUT2D eigenvalue weighted by atomic mass is 10.1. The number of fused-ring (bicyclic) bond motifs is 3. The van der Waals surface area contributed by atoms with Crippen molar-refractivity contribution in [3.8, 4) is 0 Å². The number of aromatic nitrogens is 3. The van der Waals surface area contributed by atoms with Gasteiger partial charge in [0.05, 0.1) is 17.5 Å². The molecular weight excluding hydrogens is 486 g/mol. The number of nitrogens with zero attached hydrogens (tertiary/aromatic N) is 5. The summed E-state index contributed by atoms with van der Waals surface area (Å²) in [6, 6.07) is -0.554. The Morgan fingerprint density at radius 1 is 1.12 bits per heavy atom. The third kappa shape index (κ3) is 4.51. The van der Waals surface area contributed by atoms with E-state index in [2.05, 4.69) is 15.0 Å². The molecule has 0 radical (unpaired) electrons. The maximum Gasteiger partial charge on any atom is 0.434 e. The Balaban J connectivity index is 1.80. The number of rotatable bonds is 2. The Morgan fingerprint density at radius 2 is 1.73 bits per heavy atom. The monoisotopic (exact) mass is 507 g/mol. The minimum atomic E-state index is -4.90. The second-order valence-electron chi connectivity index (χ2n) is 9.00. The predicted octanol–water partition coefficient (Wildman–Crippen LogP) is 5.15. The third-order valence-corrected chi connectivity index (χ3v) is 6.34. The van der Waals surface area contributed by atoms with Crippen LogP contribution in [0, 0.1) is 5.82 Å². The molecule has 0 aliphatic carbocycles. The lowest BCUT2D eigenvalue weighted by Gasteiger charge is -2.42. The van der Waals surface area contributed by atoms with Crippen LogP contribution in [0.15, 0.2) is 5.16 Å². The maximum absolute atomic E-state index is 14.8. The van der Waals surface area contributed by atoms with Gasteiger partial charge in [0.2, 0.25) is 0 Å². The number of piperazine rings is 1. The minimum absolute atomic E-state index is 0.0690. The van der Waals surface area contributed by atoms with Gasteiger partial charge in [-0.15, -0.1) is 0 Å². The van der Waals surface area contributed by atoms with E-state index < -0.39 is 45.4 Å². The summed E-state index contributed by atoms with van der Waals surface area (Å²) >= 11 is 6.74. The van der Waals surface area contributed by atoms with E-state index >= 15 is 0 Å². The molecule has 1 amide bonds. The number of amides is 1. The van der Waals surface area contributed by atoms with Crippen LogP contribution in [0.1, 0.15) is 39.3 Å². The van der Waals surface area contributed by atoms with Crippen LogP contribution in [0.3, 0.4) is 0 Å². The molecule has 0 spiro atoms. The highest BCUT2D eigenvalue weighted by molar-refractivity contribution is 7.98. The molecule has 2 atom stereocenters. The molecule has 2 unspecified atom stereocenters. The highest BCUT2D eigenvalue weighted by atomic mass is 35.5. The van der Waals surface area contributed by atoms with Gasteiger partial charge >= 0.3 is 12.3 Å². The van der Waals surface area contributed by atoms with Crippen molar-refractivity contribution in [3.05, 3.63) is 16.7 Å². The first kappa shape index (κ1) is 24.1. The quantitative estimate of drug-likeness (QED) is 0.241. The van der Waals surface area contributed by atoms with Crippen molar-refractivity contribution in [2.75, 3.05) is 24.2 Å². The average Bonchev–Trinajstić information content (AvgIpc) is 2.97. The second kappa shape index (κ2) is 8.30. The van der Waals surface area contributed by atoms with Crippen LogP contribution in [-0.4, -0.2) is 63.0 Å². The summed E-state index contributed by atoms with van der Waals surface area (Å²) in [7, 11) is 0. The molecule has 33 heavy (non-hydrogen) atoms. The molecule has 2 aromatic rings. The number of anilines is 1. The van der Waals surface area contributed by atoms with Crippen molar-refractivity contribution < 1.29 is 27.1 Å². The van der Waals surface area contributed by atoms with E-state index in [1.54, 1.807) is 36.8 Å². The molecule has 180 valence electrons. The molecule has 4 heterocycles. The molecule has 0 saturated carbocycles. The molecule has 0 aromatic carbocycles. The fraction of sp³-hybridized carbons (Fsp3) is 0.600. The van der Waals surface area contributed by atoms with Crippen LogP contribution in [-0.2, 0) is 10.9 Å². The second-order valence-corrected chi connectivity index (χ2v) is 10.1. The third-order valence-electron chi connectivity index (χ3n) is 5.54. The summed E-state index contributed by atoms with van der Waals surface area (Å²) in [6.07, 6.45) is -2.37. The van der Waals surface area contributed by atoms with E-state index in [4.69, 9.17) is 16.3 Å². The van der Waals surface area contributed by atoms with Gasteiger partial charge in [-0.05, 0) is 39.9 Å². The molecule has 7 nitrogen and oxygen atoms in total.